The van der Waals surface area contributed by atoms with Crippen LogP contribution >= 0.6 is 0 Å². The van der Waals surface area contributed by atoms with Gasteiger partial charge in [-0.25, -0.2) is 9.37 Å². The summed E-state index contributed by atoms with van der Waals surface area (Å²) >= 11 is 0. The number of nitrogens with one attached hydrogen (secondary N) is 1. The lowest BCUT2D eigenvalue weighted by Crippen LogP contribution is -2.24. The zero-order chi connectivity index (χ0) is 17.2. The zero-order valence-corrected chi connectivity index (χ0v) is 13.1. The van der Waals surface area contributed by atoms with Gasteiger partial charge in [0.2, 0.25) is 0 Å². The number of rotatable bonds is 4. The van der Waals surface area contributed by atoms with Crippen LogP contribution in [0.2, 0.25) is 0 Å². The molecule has 0 radical (unpaired) electrons. The van der Waals surface area contributed by atoms with Crippen LogP contribution in [-0.2, 0) is 24.3 Å². The molecule has 0 saturated carbocycles. The number of ether oxygens (including phenoxy) is 1. The molecule has 0 unspecified atom stereocenters. The van der Waals surface area contributed by atoms with Crippen molar-refractivity contribution >= 4 is 5.91 Å². The second kappa shape index (κ2) is 6.48. The van der Waals surface area contributed by atoms with Crippen LogP contribution < -0.4 is 5.32 Å². The van der Waals surface area contributed by atoms with Crippen molar-refractivity contribution < 1.29 is 22.9 Å². The van der Waals surface area contributed by atoms with Crippen LogP contribution in [0.4, 0.5) is 4.39 Å². The van der Waals surface area contributed by atoms with E-state index < -0.39 is 5.91 Å². The van der Waals surface area contributed by atoms with Crippen LogP contribution in [0, 0.1) is 5.82 Å². The van der Waals surface area contributed by atoms with Crippen molar-refractivity contribution in [1.82, 2.24) is 15.5 Å². The predicted octanol–water partition coefficient (Wildman–Crippen LogP) is 2.47. The summed E-state index contributed by atoms with van der Waals surface area (Å²) in [5, 5.41) is 6.73. The highest BCUT2D eigenvalue weighted by Crippen LogP contribution is 2.24. The minimum absolute atomic E-state index is 0.125. The molecule has 3 heterocycles. The SMILES string of the molecule is O=C(NCc1noc2c1COCC2)c1ncoc1-c1ccc(F)cc1. The molecular weight excluding hydrogens is 329 g/mol. The van der Waals surface area contributed by atoms with Gasteiger partial charge in [0, 0.05) is 17.5 Å². The number of halogens is 1. The molecule has 0 atom stereocenters. The number of amides is 1. The molecule has 0 saturated heterocycles. The monoisotopic (exact) mass is 343 g/mol. The normalized spacial score (nSPS) is 13.5. The molecule has 2 aromatic heterocycles. The van der Waals surface area contributed by atoms with Gasteiger partial charge in [-0.2, -0.15) is 0 Å². The average molecular weight is 343 g/mol. The van der Waals surface area contributed by atoms with Crippen molar-refractivity contribution in [2.24, 2.45) is 0 Å². The number of oxazole rings is 1. The predicted molar refractivity (Wildman–Crippen MR) is 82.9 cm³/mol. The third kappa shape index (κ3) is 3.03. The summed E-state index contributed by atoms with van der Waals surface area (Å²) in [6.07, 6.45) is 1.85. The first-order valence-electron chi connectivity index (χ1n) is 7.74. The first-order chi connectivity index (χ1) is 12.2. The number of hydrogen-bond donors (Lipinski definition) is 1. The van der Waals surface area contributed by atoms with Crippen LogP contribution in [0.1, 0.15) is 27.5 Å². The van der Waals surface area contributed by atoms with E-state index in [0.717, 1.165) is 11.3 Å². The summed E-state index contributed by atoms with van der Waals surface area (Å²) in [5.41, 5.74) is 2.21. The third-order valence-corrected chi connectivity index (χ3v) is 3.98. The molecule has 0 spiro atoms. The summed E-state index contributed by atoms with van der Waals surface area (Å²) in [6, 6.07) is 5.64. The van der Waals surface area contributed by atoms with Crippen molar-refractivity contribution in [3.63, 3.8) is 0 Å². The Morgan fingerprint density at radius 2 is 2.12 bits per heavy atom. The fourth-order valence-electron chi connectivity index (χ4n) is 2.68. The highest BCUT2D eigenvalue weighted by atomic mass is 19.1. The quantitative estimate of drug-likeness (QED) is 0.783. The lowest BCUT2D eigenvalue weighted by atomic mass is 10.1. The van der Waals surface area contributed by atoms with E-state index in [1.165, 1.54) is 30.7 Å². The maximum atomic E-state index is 13.1. The summed E-state index contributed by atoms with van der Waals surface area (Å²) in [7, 11) is 0. The van der Waals surface area contributed by atoms with Crippen molar-refractivity contribution in [2.45, 2.75) is 19.6 Å². The van der Waals surface area contributed by atoms with Gasteiger partial charge in [0.05, 0.1) is 19.8 Å². The maximum absolute atomic E-state index is 13.1. The highest BCUT2D eigenvalue weighted by Gasteiger charge is 2.22. The second-order valence-electron chi connectivity index (χ2n) is 5.55. The molecule has 1 aromatic carbocycles. The molecule has 0 aliphatic carbocycles. The fourth-order valence-corrected chi connectivity index (χ4v) is 2.68. The van der Waals surface area contributed by atoms with Crippen LogP contribution in [-0.4, -0.2) is 22.7 Å². The molecule has 7 nitrogen and oxygen atoms in total. The number of carbonyl (C=O) groups is 1. The molecule has 0 fully saturated rings. The molecule has 1 aliphatic rings. The number of benzene rings is 1. The van der Waals surface area contributed by atoms with Crippen molar-refractivity contribution in [3.05, 3.63) is 59.2 Å². The topological polar surface area (TPSA) is 90.4 Å². The zero-order valence-electron chi connectivity index (χ0n) is 13.1. The standard InChI is InChI=1S/C17H14FN3O4/c18-11-3-1-10(2-4-11)16-15(20-9-24-16)17(22)19-7-13-12-8-23-6-5-14(12)25-21-13/h1-4,9H,5-8H2,(H,19,22). The van der Waals surface area contributed by atoms with Crippen LogP contribution in [0.5, 0.6) is 0 Å². The van der Waals surface area contributed by atoms with Gasteiger partial charge in [-0.3, -0.25) is 4.79 Å². The summed E-state index contributed by atoms with van der Waals surface area (Å²) in [5.74, 6) is 0.292. The largest absolute Gasteiger partial charge is 0.443 e. The van der Waals surface area contributed by atoms with Gasteiger partial charge in [0.1, 0.15) is 17.3 Å². The van der Waals surface area contributed by atoms with E-state index in [1.54, 1.807) is 0 Å². The third-order valence-electron chi connectivity index (χ3n) is 3.98. The van der Waals surface area contributed by atoms with Crippen LogP contribution in [0.15, 0.2) is 39.6 Å². The van der Waals surface area contributed by atoms with Gasteiger partial charge in [0.25, 0.3) is 5.91 Å². The number of aromatic nitrogens is 2. The van der Waals surface area contributed by atoms with Gasteiger partial charge >= 0.3 is 0 Å². The number of fused-ring (bicyclic) bond motifs is 1. The minimum atomic E-state index is -0.415. The van der Waals surface area contributed by atoms with Crippen molar-refractivity contribution in [1.29, 1.82) is 0 Å². The van der Waals surface area contributed by atoms with E-state index in [2.05, 4.69) is 15.5 Å². The molecule has 128 valence electrons. The van der Waals surface area contributed by atoms with Crippen LogP contribution in [0.3, 0.4) is 0 Å². The van der Waals surface area contributed by atoms with E-state index in [1.807, 2.05) is 0 Å². The Labute approximate surface area is 141 Å². The summed E-state index contributed by atoms with van der Waals surface area (Å²) in [6.45, 7) is 1.22. The number of hydrogen-bond acceptors (Lipinski definition) is 6. The lowest BCUT2D eigenvalue weighted by molar-refractivity contribution is 0.0942. The van der Waals surface area contributed by atoms with Crippen molar-refractivity contribution in [2.75, 3.05) is 6.61 Å². The minimum Gasteiger partial charge on any atom is -0.443 e. The van der Waals surface area contributed by atoms with Crippen molar-refractivity contribution in [3.8, 4) is 11.3 Å². The van der Waals surface area contributed by atoms with E-state index in [0.29, 0.717) is 30.9 Å². The molecule has 0 bridgehead atoms. The van der Waals surface area contributed by atoms with Gasteiger partial charge in [-0.05, 0) is 24.3 Å². The van der Waals surface area contributed by atoms with Gasteiger partial charge in [-0.1, -0.05) is 5.16 Å². The lowest BCUT2D eigenvalue weighted by Gasteiger charge is -2.10. The first-order valence-corrected chi connectivity index (χ1v) is 7.74. The molecular formula is C17H14FN3O4. The maximum Gasteiger partial charge on any atom is 0.274 e. The highest BCUT2D eigenvalue weighted by molar-refractivity contribution is 5.97. The number of nitrogens with zero attached hydrogens (tertiary/aromatic N) is 2. The molecule has 1 aliphatic heterocycles. The van der Waals surface area contributed by atoms with E-state index in [-0.39, 0.29) is 23.8 Å². The Morgan fingerprint density at radius 3 is 2.96 bits per heavy atom. The number of carbonyl (C=O) groups excluding carboxylic acids is 1. The molecule has 4 rings (SSSR count). The second-order valence-corrected chi connectivity index (χ2v) is 5.55. The Hall–Kier alpha value is -3.00. The molecule has 25 heavy (non-hydrogen) atoms. The summed E-state index contributed by atoms with van der Waals surface area (Å²) in [4.78, 5) is 16.4. The fraction of sp³-hybridized carbons (Fsp3) is 0.235. The Bertz CT molecular complexity index is 901. The van der Waals surface area contributed by atoms with Crippen LogP contribution in [0.25, 0.3) is 11.3 Å². The van der Waals surface area contributed by atoms with E-state index in [9.17, 15) is 9.18 Å². The Morgan fingerprint density at radius 1 is 1.28 bits per heavy atom. The summed E-state index contributed by atoms with van der Waals surface area (Å²) < 4.78 is 29.0. The van der Waals surface area contributed by atoms with E-state index in [4.69, 9.17) is 13.7 Å². The smallest absolute Gasteiger partial charge is 0.274 e. The molecule has 3 aromatic rings. The Balaban J connectivity index is 1.50. The van der Waals surface area contributed by atoms with E-state index >= 15 is 0 Å². The molecule has 1 amide bonds. The van der Waals surface area contributed by atoms with Gasteiger partial charge < -0.3 is 19.0 Å². The average Bonchev–Trinajstić information content (AvgIpc) is 3.28. The molecule has 1 N–H and O–H groups in total. The van der Waals surface area contributed by atoms with Gasteiger partial charge in [0.15, 0.2) is 17.8 Å². The molecule has 8 heteroatoms. The Kier molecular flexibility index (Phi) is 4.02. The first kappa shape index (κ1) is 15.5. The van der Waals surface area contributed by atoms with Gasteiger partial charge in [-0.15, -0.1) is 0 Å².